The van der Waals surface area contributed by atoms with Crippen LogP contribution in [-0.4, -0.2) is 66.7 Å². The third kappa shape index (κ3) is 6.67. The Balaban J connectivity index is 1.90. The number of hydrogen-bond donors (Lipinski definition) is 2. The fourth-order valence-electron chi connectivity index (χ4n) is 3.80. The van der Waals surface area contributed by atoms with Gasteiger partial charge in [0.05, 0.1) is 7.11 Å². The van der Waals surface area contributed by atoms with E-state index in [1.54, 1.807) is 0 Å². The third-order valence-electron chi connectivity index (χ3n) is 5.16. The van der Waals surface area contributed by atoms with E-state index in [1.165, 1.54) is 0 Å². The molecule has 0 bridgehead atoms. The Hall–Kier alpha value is -3.77. The minimum Gasteiger partial charge on any atom is -0.467 e. The third-order valence-corrected chi connectivity index (χ3v) is 5.38. The molecule has 1 heterocycles. The molecule has 0 saturated carbocycles. The molecule has 0 spiro atoms. The first-order valence-corrected chi connectivity index (χ1v) is 11.3. The summed E-state index contributed by atoms with van der Waals surface area (Å²) in [5, 5.41) is 7.91. The van der Waals surface area contributed by atoms with E-state index in [4.69, 9.17) is 35.9 Å². The first-order valence-electron chi connectivity index (χ1n) is 10.9. The van der Waals surface area contributed by atoms with E-state index in [2.05, 4.69) is 10.6 Å². The Morgan fingerprint density at radius 3 is 2.03 bits per heavy atom. The van der Waals surface area contributed by atoms with Gasteiger partial charge in [0.2, 0.25) is 0 Å². The smallest absolute Gasteiger partial charge is 0.339 e. The van der Waals surface area contributed by atoms with Gasteiger partial charge in [-0.1, -0.05) is 30.3 Å². The molecule has 2 aromatic rings. The molecular formula is C24H26N2O9S. The van der Waals surface area contributed by atoms with Crippen molar-refractivity contribution in [2.75, 3.05) is 12.4 Å². The van der Waals surface area contributed by atoms with Crippen LogP contribution in [0.4, 0.5) is 5.69 Å². The molecule has 3 rings (SSSR count). The zero-order chi connectivity index (χ0) is 26.4. The molecule has 192 valence electrons. The van der Waals surface area contributed by atoms with Crippen molar-refractivity contribution in [3.05, 3.63) is 42.5 Å². The molecule has 1 saturated heterocycles. The van der Waals surface area contributed by atoms with Crippen molar-refractivity contribution >= 4 is 57.7 Å². The maximum absolute atomic E-state index is 12.5. The highest BCUT2D eigenvalue weighted by atomic mass is 32.1. The summed E-state index contributed by atoms with van der Waals surface area (Å²) < 4.78 is 26.5. The summed E-state index contributed by atoms with van der Waals surface area (Å²) in [6, 6.07) is 13.4. The van der Waals surface area contributed by atoms with Crippen molar-refractivity contribution in [1.29, 1.82) is 0 Å². The number of esters is 4. The Bertz CT molecular complexity index is 1170. The van der Waals surface area contributed by atoms with Crippen LogP contribution >= 0.6 is 12.2 Å². The topological polar surface area (TPSA) is 138 Å². The van der Waals surface area contributed by atoms with Crippen molar-refractivity contribution in [2.45, 2.75) is 51.4 Å². The van der Waals surface area contributed by atoms with Gasteiger partial charge in [-0.15, -0.1) is 0 Å². The number of ether oxygens (including phenoxy) is 5. The van der Waals surface area contributed by atoms with Crippen LogP contribution in [0, 0.1) is 0 Å². The predicted molar refractivity (Wildman–Crippen MR) is 131 cm³/mol. The second kappa shape index (κ2) is 11.8. The minimum absolute atomic E-state index is 0.0589. The summed E-state index contributed by atoms with van der Waals surface area (Å²) in [4.78, 5) is 48.0. The second-order valence-corrected chi connectivity index (χ2v) is 8.29. The van der Waals surface area contributed by atoms with Crippen LogP contribution in [-0.2, 0) is 42.9 Å². The average Bonchev–Trinajstić information content (AvgIpc) is 2.81. The number of rotatable bonds is 6. The first kappa shape index (κ1) is 26.8. The SMILES string of the molecule is COC(=O)[C@H]1O[C@@H](NC(=S)Nc2ccc3ccccc3c2)[C@H](OC(C)=O)[C@@H](OC(C)=O)[C@@H]1OC(C)=O. The largest absolute Gasteiger partial charge is 0.467 e. The zero-order valence-electron chi connectivity index (χ0n) is 20.0. The maximum atomic E-state index is 12.5. The number of carbonyl (C=O) groups excluding carboxylic acids is 4. The highest BCUT2D eigenvalue weighted by molar-refractivity contribution is 7.80. The van der Waals surface area contributed by atoms with Crippen molar-refractivity contribution in [3.63, 3.8) is 0 Å². The van der Waals surface area contributed by atoms with Crippen LogP contribution in [0.25, 0.3) is 10.8 Å². The van der Waals surface area contributed by atoms with E-state index in [9.17, 15) is 19.2 Å². The number of hydrogen-bond acceptors (Lipinski definition) is 10. The summed E-state index contributed by atoms with van der Waals surface area (Å²) in [5.41, 5.74) is 0.657. The molecule has 2 N–H and O–H groups in total. The Kier molecular flexibility index (Phi) is 8.78. The molecule has 0 radical (unpaired) electrons. The van der Waals surface area contributed by atoms with Crippen molar-refractivity contribution in [2.24, 2.45) is 0 Å². The summed E-state index contributed by atoms with van der Waals surface area (Å²) >= 11 is 5.41. The molecule has 0 unspecified atom stereocenters. The minimum atomic E-state index is -1.52. The van der Waals surface area contributed by atoms with E-state index in [0.29, 0.717) is 5.69 Å². The van der Waals surface area contributed by atoms with E-state index in [-0.39, 0.29) is 5.11 Å². The van der Waals surface area contributed by atoms with Crippen LogP contribution in [0.3, 0.4) is 0 Å². The van der Waals surface area contributed by atoms with Crippen LogP contribution in [0.15, 0.2) is 42.5 Å². The highest BCUT2D eigenvalue weighted by Gasteiger charge is 2.55. The lowest BCUT2D eigenvalue weighted by Crippen LogP contribution is -2.67. The first-order chi connectivity index (χ1) is 17.1. The summed E-state index contributed by atoms with van der Waals surface area (Å²) in [6.45, 7) is 3.36. The lowest BCUT2D eigenvalue weighted by atomic mass is 9.97. The summed E-state index contributed by atoms with van der Waals surface area (Å²) in [7, 11) is 1.11. The van der Waals surface area contributed by atoms with Gasteiger partial charge in [-0.05, 0) is 35.1 Å². The molecular weight excluding hydrogens is 492 g/mol. The van der Waals surface area contributed by atoms with Gasteiger partial charge in [-0.3, -0.25) is 14.4 Å². The van der Waals surface area contributed by atoms with E-state index in [1.807, 2.05) is 42.5 Å². The number of anilines is 1. The number of carbonyl (C=O) groups is 4. The van der Waals surface area contributed by atoms with E-state index < -0.39 is 54.5 Å². The molecule has 11 nitrogen and oxygen atoms in total. The maximum Gasteiger partial charge on any atom is 0.339 e. The predicted octanol–water partition coefficient (Wildman–Crippen LogP) is 1.82. The fraction of sp³-hybridized carbons (Fsp3) is 0.375. The van der Waals surface area contributed by atoms with E-state index >= 15 is 0 Å². The molecule has 0 aromatic heterocycles. The molecule has 2 aromatic carbocycles. The van der Waals surface area contributed by atoms with Gasteiger partial charge < -0.3 is 34.3 Å². The van der Waals surface area contributed by atoms with Crippen LogP contribution in [0.2, 0.25) is 0 Å². The van der Waals surface area contributed by atoms with Crippen molar-refractivity contribution in [3.8, 4) is 0 Å². The number of benzene rings is 2. The summed E-state index contributed by atoms with van der Waals surface area (Å²) in [5.74, 6) is -3.19. The molecule has 1 aliphatic heterocycles. The van der Waals surface area contributed by atoms with Gasteiger partial charge in [0.1, 0.15) is 0 Å². The number of fused-ring (bicyclic) bond motifs is 1. The van der Waals surface area contributed by atoms with Crippen LogP contribution in [0.1, 0.15) is 20.8 Å². The van der Waals surface area contributed by atoms with Gasteiger partial charge >= 0.3 is 23.9 Å². The molecule has 1 fully saturated rings. The highest BCUT2D eigenvalue weighted by Crippen LogP contribution is 2.29. The average molecular weight is 519 g/mol. The number of nitrogens with one attached hydrogen (secondary N) is 2. The number of thiocarbonyl (C=S) groups is 1. The Labute approximate surface area is 212 Å². The van der Waals surface area contributed by atoms with Crippen LogP contribution in [0.5, 0.6) is 0 Å². The standard InChI is InChI=1S/C24H26N2O9S/c1-12(27)32-18-19(33-13(2)28)21(23(30)31-4)35-22(20(18)34-14(3)29)26-24(36)25-17-10-9-15-7-5-6-8-16(15)11-17/h5-11,18-22H,1-4H3,(H2,25,26,36)/t18-,19-,20+,21-,22+/m0/s1. The van der Waals surface area contributed by atoms with Gasteiger partial charge in [-0.25, -0.2) is 4.79 Å². The van der Waals surface area contributed by atoms with Crippen molar-refractivity contribution < 1.29 is 42.9 Å². The monoisotopic (exact) mass is 518 g/mol. The van der Waals surface area contributed by atoms with E-state index in [0.717, 1.165) is 38.7 Å². The van der Waals surface area contributed by atoms with Crippen molar-refractivity contribution in [1.82, 2.24) is 5.32 Å². The van der Waals surface area contributed by atoms with Gasteiger partial charge in [0.15, 0.2) is 35.8 Å². The molecule has 0 aliphatic carbocycles. The van der Waals surface area contributed by atoms with Gasteiger partial charge in [0.25, 0.3) is 0 Å². The van der Waals surface area contributed by atoms with Crippen LogP contribution < -0.4 is 10.6 Å². The molecule has 1 aliphatic rings. The number of methoxy groups -OCH3 is 1. The second-order valence-electron chi connectivity index (χ2n) is 7.88. The lowest BCUT2D eigenvalue weighted by molar-refractivity contribution is -0.250. The van der Waals surface area contributed by atoms with Gasteiger partial charge in [-0.2, -0.15) is 0 Å². The quantitative estimate of drug-likeness (QED) is 0.328. The molecule has 0 amide bonds. The molecule has 36 heavy (non-hydrogen) atoms. The summed E-state index contributed by atoms with van der Waals surface area (Å²) in [6.07, 6.45) is -7.00. The molecule has 5 atom stereocenters. The fourth-order valence-corrected chi connectivity index (χ4v) is 4.03. The molecule has 12 heteroatoms. The lowest BCUT2D eigenvalue weighted by Gasteiger charge is -2.43. The normalized spacial score (nSPS) is 23.2. The Morgan fingerprint density at radius 1 is 0.833 bits per heavy atom. The zero-order valence-corrected chi connectivity index (χ0v) is 20.8. The van der Waals surface area contributed by atoms with Gasteiger partial charge in [0, 0.05) is 26.5 Å². The Morgan fingerprint density at radius 2 is 1.42 bits per heavy atom.